The topological polar surface area (TPSA) is 99.9 Å². The van der Waals surface area contributed by atoms with Crippen LogP contribution in [0.3, 0.4) is 0 Å². The summed E-state index contributed by atoms with van der Waals surface area (Å²) < 4.78 is 1.87. The van der Waals surface area contributed by atoms with Crippen LogP contribution in [-0.4, -0.2) is 19.7 Å². The van der Waals surface area contributed by atoms with Crippen molar-refractivity contribution < 1.29 is 4.92 Å². The minimum Gasteiger partial charge on any atom is -0.324 e. The molecule has 0 amide bonds. The third kappa shape index (κ3) is 2.04. The monoisotopic (exact) mass is 293 g/mol. The molecule has 3 rings (SSSR count). The van der Waals surface area contributed by atoms with Crippen LogP contribution in [0.4, 0.5) is 5.69 Å². The van der Waals surface area contributed by atoms with Gasteiger partial charge in [0.2, 0.25) is 0 Å². The summed E-state index contributed by atoms with van der Waals surface area (Å²) in [7, 11) is 0. The highest BCUT2D eigenvalue weighted by Gasteiger charge is 2.32. The number of hydrogen-bond donors (Lipinski definition) is 1. The molecule has 1 fully saturated rings. The normalized spacial score (nSPS) is 14.5. The Bertz CT molecular complexity index is 680. The minimum absolute atomic E-state index is 0.0737. The van der Waals surface area contributed by atoms with Gasteiger partial charge in [-0.1, -0.05) is 17.7 Å². The number of halogens is 1. The summed E-state index contributed by atoms with van der Waals surface area (Å²) in [6.07, 6.45) is 1.99. The Morgan fingerprint density at radius 3 is 2.80 bits per heavy atom. The first-order valence-electron chi connectivity index (χ1n) is 6.20. The predicted octanol–water partition coefficient (Wildman–Crippen LogP) is 2.30. The Kier molecular flexibility index (Phi) is 3.15. The van der Waals surface area contributed by atoms with Crippen LogP contribution in [0.5, 0.6) is 0 Å². The van der Waals surface area contributed by atoms with Crippen LogP contribution in [0.15, 0.2) is 18.2 Å². The van der Waals surface area contributed by atoms with Crippen LogP contribution < -0.4 is 5.73 Å². The van der Waals surface area contributed by atoms with E-state index in [9.17, 15) is 10.1 Å². The van der Waals surface area contributed by atoms with Gasteiger partial charge in [0.15, 0.2) is 5.82 Å². The molecule has 1 heterocycles. The third-order valence-corrected chi connectivity index (χ3v) is 3.59. The highest BCUT2D eigenvalue weighted by atomic mass is 35.5. The molecule has 8 heteroatoms. The molecule has 2 aromatic rings. The smallest absolute Gasteiger partial charge is 0.281 e. The molecule has 1 saturated carbocycles. The van der Waals surface area contributed by atoms with Crippen molar-refractivity contribution in [1.82, 2.24) is 14.8 Å². The first-order valence-corrected chi connectivity index (χ1v) is 6.58. The number of nitro benzene ring substituents is 1. The van der Waals surface area contributed by atoms with Crippen LogP contribution in [0, 0.1) is 10.1 Å². The van der Waals surface area contributed by atoms with Crippen molar-refractivity contribution >= 4 is 17.3 Å². The Balaban J connectivity index is 2.24. The van der Waals surface area contributed by atoms with Crippen LogP contribution in [0.1, 0.15) is 24.7 Å². The van der Waals surface area contributed by atoms with Crippen LogP contribution >= 0.6 is 11.6 Å². The number of aromatic nitrogens is 3. The van der Waals surface area contributed by atoms with E-state index in [1.807, 2.05) is 4.57 Å². The van der Waals surface area contributed by atoms with Gasteiger partial charge in [-0.2, -0.15) is 0 Å². The van der Waals surface area contributed by atoms with E-state index < -0.39 is 4.92 Å². The lowest BCUT2D eigenvalue weighted by atomic mass is 10.1. The van der Waals surface area contributed by atoms with Crippen molar-refractivity contribution in [3.63, 3.8) is 0 Å². The van der Waals surface area contributed by atoms with Gasteiger partial charge in [0.05, 0.1) is 16.5 Å². The third-order valence-electron chi connectivity index (χ3n) is 3.27. The fraction of sp³-hybridized carbons (Fsp3) is 0.333. The molecule has 0 unspecified atom stereocenters. The van der Waals surface area contributed by atoms with E-state index in [-0.39, 0.29) is 23.3 Å². The van der Waals surface area contributed by atoms with E-state index in [2.05, 4.69) is 10.2 Å². The van der Waals surface area contributed by atoms with E-state index in [4.69, 9.17) is 17.3 Å². The van der Waals surface area contributed by atoms with E-state index in [1.54, 1.807) is 12.1 Å². The average Bonchev–Trinajstić information content (AvgIpc) is 3.18. The minimum atomic E-state index is -0.463. The second-order valence-electron chi connectivity index (χ2n) is 4.64. The molecule has 1 aromatic carbocycles. The maximum Gasteiger partial charge on any atom is 0.281 e. The second kappa shape index (κ2) is 4.84. The first kappa shape index (κ1) is 13.0. The van der Waals surface area contributed by atoms with Gasteiger partial charge < -0.3 is 10.3 Å². The Labute approximate surface area is 119 Å². The molecule has 2 N–H and O–H groups in total. The first-order chi connectivity index (χ1) is 9.63. The number of benzene rings is 1. The highest BCUT2D eigenvalue weighted by molar-refractivity contribution is 6.33. The van der Waals surface area contributed by atoms with Gasteiger partial charge >= 0.3 is 0 Å². The molecule has 0 spiro atoms. The molecule has 0 bridgehead atoms. The van der Waals surface area contributed by atoms with Crippen molar-refractivity contribution in [2.75, 3.05) is 0 Å². The van der Waals surface area contributed by atoms with Gasteiger partial charge in [-0.25, -0.2) is 0 Å². The maximum absolute atomic E-state index is 11.2. The number of nitrogens with zero attached hydrogens (tertiary/aromatic N) is 4. The lowest BCUT2D eigenvalue weighted by molar-refractivity contribution is -0.384. The molecular weight excluding hydrogens is 282 g/mol. The summed E-state index contributed by atoms with van der Waals surface area (Å²) in [5, 5.41) is 19.6. The molecule has 104 valence electrons. The van der Waals surface area contributed by atoms with Crippen LogP contribution in [0.25, 0.3) is 11.4 Å². The zero-order valence-electron chi connectivity index (χ0n) is 10.5. The molecule has 1 aromatic heterocycles. The quantitative estimate of drug-likeness (QED) is 0.688. The van der Waals surface area contributed by atoms with Crippen molar-refractivity contribution in [2.24, 2.45) is 5.73 Å². The SMILES string of the molecule is NCc1nnc(-c2c(Cl)cccc2[N+](=O)[O-])n1C1CC1. The molecule has 1 aliphatic carbocycles. The maximum atomic E-state index is 11.2. The van der Waals surface area contributed by atoms with E-state index in [0.29, 0.717) is 17.2 Å². The largest absolute Gasteiger partial charge is 0.324 e. The summed E-state index contributed by atoms with van der Waals surface area (Å²) in [5.41, 5.74) is 5.88. The second-order valence-corrected chi connectivity index (χ2v) is 5.04. The molecular formula is C12H12ClN5O2. The van der Waals surface area contributed by atoms with E-state index in [1.165, 1.54) is 6.07 Å². The summed E-state index contributed by atoms with van der Waals surface area (Å²) in [6, 6.07) is 4.83. The van der Waals surface area contributed by atoms with Crippen molar-refractivity contribution in [2.45, 2.75) is 25.4 Å². The van der Waals surface area contributed by atoms with Crippen molar-refractivity contribution in [1.29, 1.82) is 0 Å². The number of nitrogens with two attached hydrogens (primary N) is 1. The zero-order valence-corrected chi connectivity index (χ0v) is 11.2. The average molecular weight is 294 g/mol. The summed E-state index contributed by atoms with van der Waals surface area (Å²) in [6.45, 7) is 0.238. The van der Waals surface area contributed by atoms with Gasteiger partial charge in [0.1, 0.15) is 11.4 Å². The van der Waals surface area contributed by atoms with Crippen molar-refractivity contribution in [3.8, 4) is 11.4 Å². The Hall–Kier alpha value is -1.99. The number of rotatable bonds is 4. The van der Waals surface area contributed by atoms with Crippen LogP contribution in [-0.2, 0) is 6.54 Å². The van der Waals surface area contributed by atoms with Gasteiger partial charge in [-0.15, -0.1) is 10.2 Å². The number of nitro groups is 1. The molecule has 0 atom stereocenters. The number of hydrogen-bond acceptors (Lipinski definition) is 5. The van der Waals surface area contributed by atoms with Gasteiger partial charge in [0, 0.05) is 12.1 Å². The van der Waals surface area contributed by atoms with Gasteiger partial charge in [0.25, 0.3) is 5.69 Å². The fourth-order valence-corrected chi connectivity index (χ4v) is 2.49. The predicted molar refractivity (Wildman–Crippen MR) is 73.3 cm³/mol. The Morgan fingerprint density at radius 1 is 1.45 bits per heavy atom. The molecule has 0 radical (unpaired) electrons. The molecule has 7 nitrogen and oxygen atoms in total. The summed E-state index contributed by atoms with van der Waals surface area (Å²) in [5.74, 6) is 1.04. The summed E-state index contributed by atoms with van der Waals surface area (Å²) in [4.78, 5) is 10.7. The molecule has 20 heavy (non-hydrogen) atoms. The highest BCUT2D eigenvalue weighted by Crippen LogP contribution is 2.42. The fourth-order valence-electron chi connectivity index (χ4n) is 2.24. The molecule has 1 aliphatic rings. The lowest BCUT2D eigenvalue weighted by Crippen LogP contribution is -2.09. The standard InChI is InChI=1S/C12H12ClN5O2/c13-8-2-1-3-9(18(19)20)11(8)12-16-15-10(6-14)17(12)7-4-5-7/h1-3,7H,4-6,14H2. The zero-order chi connectivity index (χ0) is 14.3. The molecule has 0 saturated heterocycles. The molecule has 0 aliphatic heterocycles. The van der Waals surface area contributed by atoms with Gasteiger partial charge in [-0.05, 0) is 18.9 Å². The summed E-state index contributed by atoms with van der Waals surface area (Å²) >= 11 is 6.14. The lowest BCUT2D eigenvalue weighted by Gasteiger charge is -2.09. The van der Waals surface area contributed by atoms with E-state index in [0.717, 1.165) is 12.8 Å². The van der Waals surface area contributed by atoms with Gasteiger partial charge in [-0.3, -0.25) is 10.1 Å². The van der Waals surface area contributed by atoms with Crippen molar-refractivity contribution in [3.05, 3.63) is 39.2 Å². The van der Waals surface area contributed by atoms with E-state index >= 15 is 0 Å². The van der Waals surface area contributed by atoms with Crippen LogP contribution in [0.2, 0.25) is 5.02 Å². The Morgan fingerprint density at radius 2 is 2.20 bits per heavy atom.